The molecule has 6 nitrogen and oxygen atoms in total. The van der Waals surface area contributed by atoms with E-state index in [4.69, 9.17) is 0 Å². The molecule has 0 atom stereocenters. The molecule has 1 heterocycles. The number of nitrogens with zero attached hydrogens (tertiary/aromatic N) is 2. The van der Waals surface area contributed by atoms with Gasteiger partial charge in [0.05, 0.1) is 10.6 Å². The lowest BCUT2D eigenvalue weighted by molar-refractivity contribution is 0.102. The van der Waals surface area contributed by atoms with Crippen molar-refractivity contribution in [1.82, 2.24) is 9.29 Å². The zero-order valence-electron chi connectivity index (χ0n) is 18.8. The molecule has 174 valence electrons. The third kappa shape index (κ3) is 4.49. The quantitative estimate of drug-likeness (QED) is 0.371. The molecule has 0 spiro atoms. The fraction of sp³-hybridized carbons (Fsp3) is 0.231. The van der Waals surface area contributed by atoms with Gasteiger partial charge in [-0.3, -0.25) is 10.1 Å². The summed E-state index contributed by atoms with van der Waals surface area (Å²) in [6.45, 7) is 0. The molecule has 0 bridgehead atoms. The van der Waals surface area contributed by atoms with E-state index in [1.807, 2.05) is 23.6 Å². The second-order valence-corrected chi connectivity index (χ2v) is 11.4. The van der Waals surface area contributed by atoms with Crippen molar-refractivity contribution in [2.45, 2.75) is 36.6 Å². The molecule has 0 aliphatic heterocycles. The summed E-state index contributed by atoms with van der Waals surface area (Å²) in [4.78, 5) is 17.5. The highest BCUT2D eigenvalue weighted by molar-refractivity contribution is 7.89. The zero-order valence-corrected chi connectivity index (χ0v) is 20.4. The van der Waals surface area contributed by atoms with Crippen molar-refractivity contribution in [1.29, 1.82) is 0 Å². The van der Waals surface area contributed by atoms with Gasteiger partial charge in [0.25, 0.3) is 5.91 Å². The topological polar surface area (TPSA) is 79.4 Å². The van der Waals surface area contributed by atoms with Crippen LogP contribution in [0.2, 0.25) is 0 Å². The highest BCUT2D eigenvalue weighted by atomic mass is 32.2. The molecule has 1 saturated carbocycles. The summed E-state index contributed by atoms with van der Waals surface area (Å²) in [6, 6.07) is 20.4. The minimum absolute atomic E-state index is 0.0506. The summed E-state index contributed by atoms with van der Waals surface area (Å²) in [5.41, 5.74) is 2.16. The van der Waals surface area contributed by atoms with E-state index in [1.54, 1.807) is 19.2 Å². The zero-order chi connectivity index (χ0) is 23.7. The molecule has 1 amide bonds. The smallest absolute Gasteiger partial charge is 0.257 e. The average Bonchev–Trinajstić information content (AvgIpc) is 3.56. The monoisotopic (exact) mass is 491 g/mol. The number of rotatable bonds is 6. The highest BCUT2D eigenvalue weighted by Gasteiger charge is 2.30. The maximum absolute atomic E-state index is 12.9. The van der Waals surface area contributed by atoms with E-state index in [-0.39, 0.29) is 16.8 Å². The van der Waals surface area contributed by atoms with E-state index in [9.17, 15) is 13.2 Å². The number of fused-ring (bicyclic) bond motifs is 1. The first kappa shape index (κ1) is 22.7. The van der Waals surface area contributed by atoms with Crippen LogP contribution in [0.4, 0.5) is 5.13 Å². The van der Waals surface area contributed by atoms with Gasteiger partial charge in [-0.15, -0.1) is 11.3 Å². The van der Waals surface area contributed by atoms with E-state index in [1.165, 1.54) is 27.8 Å². The normalized spacial score (nSPS) is 14.6. The van der Waals surface area contributed by atoms with Gasteiger partial charge in [0, 0.05) is 29.6 Å². The molecule has 0 unspecified atom stereocenters. The van der Waals surface area contributed by atoms with Gasteiger partial charge in [-0.1, -0.05) is 49.2 Å². The molecular weight excluding hydrogens is 466 g/mol. The van der Waals surface area contributed by atoms with Crippen LogP contribution in [0.15, 0.2) is 77.0 Å². The lowest BCUT2D eigenvalue weighted by atomic mass is 10.1. The van der Waals surface area contributed by atoms with Crippen LogP contribution in [0.3, 0.4) is 0 Å². The molecule has 0 saturated heterocycles. The van der Waals surface area contributed by atoms with Crippen molar-refractivity contribution in [3.8, 4) is 11.3 Å². The first-order chi connectivity index (χ1) is 16.4. The summed E-state index contributed by atoms with van der Waals surface area (Å²) >= 11 is 1.35. The first-order valence-electron chi connectivity index (χ1n) is 11.3. The number of benzene rings is 3. The molecule has 8 heteroatoms. The summed E-state index contributed by atoms with van der Waals surface area (Å²) in [5, 5.41) is 7.52. The Kier molecular flexibility index (Phi) is 6.20. The third-order valence-corrected chi connectivity index (χ3v) is 9.08. The minimum atomic E-state index is -3.58. The van der Waals surface area contributed by atoms with Crippen LogP contribution < -0.4 is 5.32 Å². The standard InChI is InChI=1S/C26H25N3O3S2/c1-29(22-8-4-5-9-22)34(31,32)23-14-12-19(13-15-23)25(30)28-26-27-24(17-33-26)21-11-10-18-6-2-3-7-20(18)16-21/h2-3,6-7,10-17,22H,4-5,8-9H2,1H3,(H,27,28,30). The Labute approximate surface area is 203 Å². The van der Waals surface area contributed by atoms with Gasteiger partial charge in [-0.25, -0.2) is 13.4 Å². The number of carbonyl (C=O) groups is 1. The van der Waals surface area contributed by atoms with Crippen LogP contribution in [0, 0.1) is 0 Å². The Bertz CT molecular complexity index is 1440. The number of aromatic nitrogens is 1. The van der Waals surface area contributed by atoms with Gasteiger partial charge >= 0.3 is 0 Å². The fourth-order valence-electron chi connectivity index (χ4n) is 4.39. The van der Waals surface area contributed by atoms with Crippen molar-refractivity contribution < 1.29 is 13.2 Å². The molecule has 3 aromatic carbocycles. The molecule has 1 aliphatic rings. The number of thiazole rings is 1. The molecular formula is C26H25N3O3S2. The molecule has 1 fully saturated rings. The Morgan fingerprint density at radius 2 is 1.71 bits per heavy atom. The Hall–Kier alpha value is -3.07. The Morgan fingerprint density at radius 3 is 2.44 bits per heavy atom. The van der Waals surface area contributed by atoms with Crippen molar-refractivity contribution in [2.24, 2.45) is 0 Å². The Balaban J connectivity index is 1.29. The van der Waals surface area contributed by atoms with Crippen molar-refractivity contribution in [2.75, 3.05) is 12.4 Å². The number of sulfonamides is 1. The van der Waals surface area contributed by atoms with Gasteiger partial charge in [0.15, 0.2) is 5.13 Å². The Morgan fingerprint density at radius 1 is 1.00 bits per heavy atom. The summed E-state index contributed by atoms with van der Waals surface area (Å²) in [6.07, 6.45) is 3.91. The number of amides is 1. The molecule has 5 rings (SSSR count). The number of nitrogens with one attached hydrogen (secondary N) is 1. The van der Waals surface area contributed by atoms with Crippen LogP contribution in [0.25, 0.3) is 22.0 Å². The number of hydrogen-bond acceptors (Lipinski definition) is 5. The molecule has 4 aromatic rings. The number of carbonyl (C=O) groups excluding carboxylic acids is 1. The fourth-order valence-corrected chi connectivity index (χ4v) is 6.52. The predicted octanol–water partition coefficient (Wildman–Crippen LogP) is 5.78. The van der Waals surface area contributed by atoms with E-state index in [0.29, 0.717) is 10.7 Å². The van der Waals surface area contributed by atoms with Crippen LogP contribution in [-0.2, 0) is 10.0 Å². The van der Waals surface area contributed by atoms with Crippen LogP contribution in [-0.4, -0.2) is 36.7 Å². The van der Waals surface area contributed by atoms with Crippen LogP contribution in [0.5, 0.6) is 0 Å². The van der Waals surface area contributed by atoms with Gasteiger partial charge in [0.2, 0.25) is 10.0 Å². The van der Waals surface area contributed by atoms with Crippen molar-refractivity contribution in [3.05, 3.63) is 77.7 Å². The van der Waals surface area contributed by atoms with E-state index < -0.39 is 10.0 Å². The molecule has 34 heavy (non-hydrogen) atoms. The highest BCUT2D eigenvalue weighted by Crippen LogP contribution is 2.29. The van der Waals surface area contributed by atoms with E-state index in [2.05, 4.69) is 34.6 Å². The van der Waals surface area contributed by atoms with Crippen molar-refractivity contribution >= 4 is 43.2 Å². The van der Waals surface area contributed by atoms with Crippen LogP contribution >= 0.6 is 11.3 Å². The van der Waals surface area contributed by atoms with Gasteiger partial charge in [-0.2, -0.15) is 4.31 Å². The molecule has 1 aliphatic carbocycles. The number of hydrogen-bond donors (Lipinski definition) is 1. The van der Waals surface area contributed by atoms with E-state index >= 15 is 0 Å². The summed E-state index contributed by atoms with van der Waals surface area (Å²) < 4.78 is 27.3. The second kappa shape index (κ2) is 9.29. The lowest BCUT2D eigenvalue weighted by Crippen LogP contribution is -2.35. The largest absolute Gasteiger partial charge is 0.298 e. The molecule has 0 radical (unpaired) electrons. The maximum atomic E-state index is 12.9. The summed E-state index contributed by atoms with van der Waals surface area (Å²) in [5.74, 6) is -0.326. The van der Waals surface area contributed by atoms with Gasteiger partial charge in [0.1, 0.15) is 0 Å². The first-order valence-corrected chi connectivity index (χ1v) is 13.6. The maximum Gasteiger partial charge on any atom is 0.257 e. The number of anilines is 1. The molecule has 1 N–H and O–H groups in total. The summed E-state index contributed by atoms with van der Waals surface area (Å²) in [7, 11) is -1.94. The van der Waals surface area contributed by atoms with Gasteiger partial charge < -0.3 is 0 Å². The van der Waals surface area contributed by atoms with Crippen LogP contribution in [0.1, 0.15) is 36.0 Å². The van der Waals surface area contributed by atoms with E-state index in [0.717, 1.165) is 47.7 Å². The lowest BCUT2D eigenvalue weighted by Gasteiger charge is -2.23. The third-order valence-electron chi connectivity index (χ3n) is 6.40. The predicted molar refractivity (Wildman–Crippen MR) is 137 cm³/mol. The van der Waals surface area contributed by atoms with Gasteiger partial charge in [-0.05, 0) is 53.9 Å². The second-order valence-electron chi connectivity index (χ2n) is 8.54. The average molecular weight is 492 g/mol. The molecule has 1 aromatic heterocycles. The SMILES string of the molecule is CN(C1CCCC1)S(=O)(=O)c1ccc(C(=O)Nc2nc(-c3ccc4ccccc4c3)cs2)cc1. The minimum Gasteiger partial charge on any atom is -0.298 e. The van der Waals surface area contributed by atoms with Crippen molar-refractivity contribution in [3.63, 3.8) is 0 Å².